The summed E-state index contributed by atoms with van der Waals surface area (Å²) in [4.78, 5) is 12.3. The fourth-order valence-electron chi connectivity index (χ4n) is 2.69. The number of carbonyl (C=O) groups excluding carboxylic acids is 1. The van der Waals surface area contributed by atoms with E-state index >= 15 is 0 Å². The first-order valence-electron chi connectivity index (χ1n) is 8.62. The third-order valence-electron chi connectivity index (χ3n) is 4.13. The maximum atomic E-state index is 12.3. The molecule has 0 aliphatic heterocycles. The average Bonchev–Trinajstić information content (AvgIpc) is 2.74. The van der Waals surface area contributed by atoms with Crippen LogP contribution in [0.25, 0.3) is 11.3 Å². The Balaban J connectivity index is 1.64. The van der Waals surface area contributed by atoms with Crippen LogP contribution in [0.5, 0.6) is 17.4 Å². The van der Waals surface area contributed by atoms with Crippen molar-refractivity contribution in [1.82, 2.24) is 10.2 Å². The van der Waals surface area contributed by atoms with Crippen LogP contribution in [0.1, 0.15) is 5.56 Å². The number of rotatable bonds is 7. The molecule has 1 heterocycles. The standard InChI is InChI=1S/C21H21N3O4/c1-26-18-10-4-14(12-19(18)27-2)13-20(25)22-16-7-5-15(6-8-16)17-9-11-21(28-3)24-23-17/h4-12H,13H2,1-3H3,(H,22,25). The number of nitrogens with zero attached hydrogens (tertiary/aromatic N) is 2. The van der Waals surface area contributed by atoms with E-state index in [-0.39, 0.29) is 12.3 Å². The molecule has 0 fully saturated rings. The number of nitrogens with one attached hydrogen (secondary N) is 1. The molecule has 1 aromatic heterocycles. The Labute approximate surface area is 163 Å². The minimum absolute atomic E-state index is 0.121. The van der Waals surface area contributed by atoms with Crippen LogP contribution < -0.4 is 19.5 Å². The maximum absolute atomic E-state index is 12.3. The van der Waals surface area contributed by atoms with Crippen LogP contribution >= 0.6 is 0 Å². The number of hydrogen-bond acceptors (Lipinski definition) is 6. The summed E-state index contributed by atoms with van der Waals surface area (Å²) in [5, 5.41) is 11.0. The van der Waals surface area contributed by atoms with Gasteiger partial charge in [-0.15, -0.1) is 10.2 Å². The SMILES string of the molecule is COc1ccc(-c2ccc(NC(=O)Cc3ccc(OC)c(OC)c3)cc2)nn1. The molecule has 0 aliphatic rings. The third kappa shape index (κ3) is 4.56. The highest BCUT2D eigenvalue weighted by atomic mass is 16.5. The summed E-state index contributed by atoms with van der Waals surface area (Å²) in [6.45, 7) is 0. The van der Waals surface area contributed by atoms with Gasteiger partial charge in [-0.05, 0) is 35.9 Å². The summed E-state index contributed by atoms with van der Waals surface area (Å²) in [5.74, 6) is 1.56. The Bertz CT molecular complexity index is 941. The van der Waals surface area contributed by atoms with Crippen LogP contribution in [0, 0.1) is 0 Å². The number of ether oxygens (including phenoxy) is 3. The lowest BCUT2D eigenvalue weighted by Gasteiger charge is -2.10. The van der Waals surface area contributed by atoms with Gasteiger partial charge in [0.05, 0.1) is 33.4 Å². The van der Waals surface area contributed by atoms with E-state index in [4.69, 9.17) is 14.2 Å². The lowest BCUT2D eigenvalue weighted by atomic mass is 10.1. The van der Waals surface area contributed by atoms with Crippen molar-refractivity contribution in [2.75, 3.05) is 26.6 Å². The number of methoxy groups -OCH3 is 3. The third-order valence-corrected chi connectivity index (χ3v) is 4.13. The second-order valence-corrected chi connectivity index (χ2v) is 5.95. The monoisotopic (exact) mass is 379 g/mol. The highest BCUT2D eigenvalue weighted by Gasteiger charge is 2.09. The lowest BCUT2D eigenvalue weighted by Crippen LogP contribution is -2.14. The Morgan fingerprint density at radius 2 is 1.61 bits per heavy atom. The number of carbonyl (C=O) groups is 1. The number of anilines is 1. The molecule has 0 bridgehead atoms. The second-order valence-electron chi connectivity index (χ2n) is 5.95. The molecular formula is C21H21N3O4. The van der Waals surface area contributed by atoms with Crippen molar-refractivity contribution < 1.29 is 19.0 Å². The van der Waals surface area contributed by atoms with Gasteiger partial charge in [0.25, 0.3) is 0 Å². The molecule has 1 N–H and O–H groups in total. The van der Waals surface area contributed by atoms with Crippen molar-refractivity contribution in [3.63, 3.8) is 0 Å². The molecule has 7 heteroatoms. The van der Waals surface area contributed by atoms with E-state index in [1.54, 1.807) is 39.5 Å². The molecule has 3 rings (SSSR count). The van der Waals surface area contributed by atoms with Crippen molar-refractivity contribution >= 4 is 11.6 Å². The summed E-state index contributed by atoms with van der Waals surface area (Å²) >= 11 is 0. The average molecular weight is 379 g/mol. The van der Waals surface area contributed by atoms with Gasteiger partial charge in [-0.1, -0.05) is 18.2 Å². The number of benzene rings is 2. The molecule has 0 unspecified atom stereocenters. The normalized spacial score (nSPS) is 10.2. The molecule has 28 heavy (non-hydrogen) atoms. The summed E-state index contributed by atoms with van der Waals surface area (Å²) in [6.07, 6.45) is 0.228. The van der Waals surface area contributed by atoms with Crippen LogP contribution in [0.4, 0.5) is 5.69 Å². The van der Waals surface area contributed by atoms with E-state index in [0.717, 1.165) is 16.8 Å². The maximum Gasteiger partial charge on any atom is 0.233 e. The van der Waals surface area contributed by atoms with Gasteiger partial charge in [-0.25, -0.2) is 0 Å². The van der Waals surface area contributed by atoms with E-state index in [1.807, 2.05) is 36.4 Å². The number of hydrogen-bond donors (Lipinski definition) is 1. The summed E-state index contributed by atoms with van der Waals surface area (Å²) in [5.41, 5.74) is 3.16. The fraction of sp³-hybridized carbons (Fsp3) is 0.190. The molecule has 2 aromatic carbocycles. The molecule has 0 atom stereocenters. The van der Waals surface area contributed by atoms with Crippen molar-refractivity contribution in [2.24, 2.45) is 0 Å². The Morgan fingerprint density at radius 3 is 2.21 bits per heavy atom. The molecule has 0 spiro atoms. The molecular weight excluding hydrogens is 358 g/mol. The van der Waals surface area contributed by atoms with Gasteiger partial charge in [-0.2, -0.15) is 0 Å². The molecule has 7 nitrogen and oxygen atoms in total. The zero-order chi connectivity index (χ0) is 19.9. The minimum Gasteiger partial charge on any atom is -0.493 e. The second kappa shape index (κ2) is 8.85. The Morgan fingerprint density at radius 1 is 0.857 bits per heavy atom. The van der Waals surface area contributed by atoms with Gasteiger partial charge in [0.15, 0.2) is 11.5 Å². The topological polar surface area (TPSA) is 82.6 Å². The van der Waals surface area contributed by atoms with Crippen molar-refractivity contribution in [2.45, 2.75) is 6.42 Å². The van der Waals surface area contributed by atoms with E-state index in [1.165, 1.54) is 0 Å². The highest BCUT2D eigenvalue weighted by Crippen LogP contribution is 2.28. The van der Waals surface area contributed by atoms with Crippen molar-refractivity contribution in [3.05, 3.63) is 60.2 Å². The van der Waals surface area contributed by atoms with E-state index in [2.05, 4.69) is 15.5 Å². The summed E-state index contributed by atoms with van der Waals surface area (Å²) in [6, 6.07) is 16.4. The zero-order valence-electron chi connectivity index (χ0n) is 15.9. The Hall–Kier alpha value is -3.61. The molecule has 0 aliphatic carbocycles. The van der Waals surface area contributed by atoms with Gasteiger partial charge in [-0.3, -0.25) is 4.79 Å². The molecule has 0 radical (unpaired) electrons. The van der Waals surface area contributed by atoms with Crippen molar-refractivity contribution in [1.29, 1.82) is 0 Å². The smallest absolute Gasteiger partial charge is 0.233 e. The molecule has 0 saturated heterocycles. The van der Waals surface area contributed by atoms with Crippen LogP contribution in [0.3, 0.4) is 0 Å². The summed E-state index contributed by atoms with van der Waals surface area (Å²) < 4.78 is 15.5. The molecule has 144 valence electrons. The molecule has 3 aromatic rings. The van der Waals surface area contributed by atoms with Crippen LogP contribution in [-0.4, -0.2) is 37.4 Å². The van der Waals surface area contributed by atoms with E-state index in [9.17, 15) is 4.79 Å². The van der Waals surface area contributed by atoms with Gasteiger partial charge in [0.2, 0.25) is 11.8 Å². The Kier molecular flexibility index (Phi) is 6.06. The van der Waals surface area contributed by atoms with Crippen LogP contribution in [0.15, 0.2) is 54.6 Å². The van der Waals surface area contributed by atoms with E-state index in [0.29, 0.717) is 23.1 Å². The van der Waals surface area contributed by atoms with E-state index < -0.39 is 0 Å². The van der Waals surface area contributed by atoms with Gasteiger partial charge in [0, 0.05) is 17.3 Å². The first-order chi connectivity index (χ1) is 13.6. The van der Waals surface area contributed by atoms with Crippen LogP contribution in [0.2, 0.25) is 0 Å². The predicted octanol–water partition coefficient (Wildman–Crippen LogP) is 3.35. The highest BCUT2D eigenvalue weighted by molar-refractivity contribution is 5.92. The first-order valence-corrected chi connectivity index (χ1v) is 8.62. The van der Waals surface area contributed by atoms with Gasteiger partial charge >= 0.3 is 0 Å². The number of amides is 1. The number of aromatic nitrogens is 2. The van der Waals surface area contributed by atoms with Gasteiger partial charge in [0.1, 0.15) is 0 Å². The quantitative estimate of drug-likeness (QED) is 0.678. The van der Waals surface area contributed by atoms with Crippen LogP contribution in [-0.2, 0) is 11.2 Å². The molecule has 0 saturated carbocycles. The fourth-order valence-corrected chi connectivity index (χ4v) is 2.69. The predicted molar refractivity (Wildman–Crippen MR) is 106 cm³/mol. The lowest BCUT2D eigenvalue weighted by molar-refractivity contribution is -0.115. The van der Waals surface area contributed by atoms with Gasteiger partial charge < -0.3 is 19.5 Å². The minimum atomic E-state index is -0.121. The van der Waals surface area contributed by atoms with Crippen molar-refractivity contribution in [3.8, 4) is 28.6 Å². The molecule has 1 amide bonds. The zero-order valence-corrected chi connectivity index (χ0v) is 15.9. The largest absolute Gasteiger partial charge is 0.493 e. The first kappa shape index (κ1) is 19.2. The summed E-state index contributed by atoms with van der Waals surface area (Å²) in [7, 11) is 4.69.